The van der Waals surface area contributed by atoms with Crippen molar-refractivity contribution in [2.24, 2.45) is 0 Å². The number of hydrogen-bond acceptors (Lipinski definition) is 2. The molecule has 1 aliphatic rings. The summed E-state index contributed by atoms with van der Waals surface area (Å²) >= 11 is 6.10. The van der Waals surface area contributed by atoms with E-state index in [-0.39, 0.29) is 10.9 Å². The van der Waals surface area contributed by atoms with Gasteiger partial charge in [0.05, 0.1) is 5.03 Å². The number of rotatable bonds is 1. The largest absolute Gasteiger partial charge is 0.362 e. The van der Waals surface area contributed by atoms with Gasteiger partial charge in [0.15, 0.2) is 0 Å². The zero-order chi connectivity index (χ0) is 13.6. The van der Waals surface area contributed by atoms with Gasteiger partial charge in [0.2, 0.25) is 5.72 Å². The molecule has 1 heterocycles. The molecule has 1 aromatic rings. The van der Waals surface area contributed by atoms with Crippen LogP contribution in [0.4, 0.5) is 0 Å². The van der Waals surface area contributed by atoms with Gasteiger partial charge in [0.25, 0.3) is 5.91 Å². The molecule has 96 valence electrons. The number of carbonyl (C=O) groups is 1. The third kappa shape index (κ3) is 1.84. The minimum atomic E-state index is -1.57. The molecule has 1 atom stereocenters. The van der Waals surface area contributed by atoms with Crippen molar-refractivity contribution in [3.8, 4) is 0 Å². The number of halogens is 1. The van der Waals surface area contributed by atoms with Crippen molar-refractivity contribution >= 4 is 17.5 Å². The Morgan fingerprint density at radius 2 is 1.78 bits per heavy atom. The number of nitrogens with zero attached hydrogens (tertiary/aromatic N) is 1. The summed E-state index contributed by atoms with van der Waals surface area (Å²) in [5.74, 6) is -0.279. The molecule has 0 saturated heterocycles. The predicted octanol–water partition coefficient (Wildman–Crippen LogP) is 2.60. The first-order valence-corrected chi connectivity index (χ1v) is 6.15. The quantitative estimate of drug-likeness (QED) is 0.848. The van der Waals surface area contributed by atoms with Crippen molar-refractivity contribution in [3.63, 3.8) is 0 Å². The normalized spacial score (nSPS) is 24.4. The van der Waals surface area contributed by atoms with Gasteiger partial charge in [0, 0.05) is 17.2 Å². The summed E-state index contributed by atoms with van der Waals surface area (Å²) in [7, 11) is 0. The maximum absolute atomic E-state index is 12.0. The van der Waals surface area contributed by atoms with E-state index in [0.717, 1.165) is 0 Å². The van der Waals surface area contributed by atoms with E-state index in [0.29, 0.717) is 5.56 Å². The predicted molar refractivity (Wildman–Crippen MR) is 70.9 cm³/mol. The van der Waals surface area contributed by atoms with Crippen LogP contribution in [0.3, 0.4) is 0 Å². The molecule has 4 heteroatoms. The molecule has 0 spiro atoms. The Morgan fingerprint density at radius 1 is 1.22 bits per heavy atom. The first kappa shape index (κ1) is 13.1. The van der Waals surface area contributed by atoms with Gasteiger partial charge in [-0.2, -0.15) is 0 Å². The highest BCUT2D eigenvalue weighted by molar-refractivity contribution is 6.33. The van der Waals surface area contributed by atoms with Crippen molar-refractivity contribution in [2.45, 2.75) is 32.0 Å². The molecule has 0 radical (unpaired) electrons. The lowest BCUT2D eigenvalue weighted by Crippen LogP contribution is -2.54. The van der Waals surface area contributed by atoms with E-state index >= 15 is 0 Å². The van der Waals surface area contributed by atoms with Crippen LogP contribution in [0.5, 0.6) is 0 Å². The van der Waals surface area contributed by atoms with Crippen molar-refractivity contribution in [3.05, 3.63) is 47.0 Å². The second-order valence-electron chi connectivity index (χ2n) is 5.37. The Bertz CT molecular complexity index is 504. The summed E-state index contributed by atoms with van der Waals surface area (Å²) in [5, 5.41) is 11.0. The lowest BCUT2D eigenvalue weighted by molar-refractivity contribution is -0.156. The Balaban J connectivity index is 2.59. The zero-order valence-electron chi connectivity index (χ0n) is 10.6. The van der Waals surface area contributed by atoms with Crippen molar-refractivity contribution in [1.82, 2.24) is 4.90 Å². The molecule has 2 rings (SSSR count). The maximum atomic E-state index is 12.0. The topological polar surface area (TPSA) is 40.5 Å². The minimum Gasteiger partial charge on any atom is -0.362 e. The molecule has 1 unspecified atom stereocenters. The summed E-state index contributed by atoms with van der Waals surface area (Å²) in [6, 6.07) is 8.98. The lowest BCUT2D eigenvalue weighted by Gasteiger charge is -2.43. The zero-order valence-corrected chi connectivity index (χ0v) is 11.4. The van der Waals surface area contributed by atoms with E-state index in [9.17, 15) is 9.90 Å². The SMILES string of the molecule is CC(C)(C)N1C(=O)C=C(Cl)C1(O)c1ccccc1. The van der Waals surface area contributed by atoms with Gasteiger partial charge in [-0.1, -0.05) is 41.9 Å². The molecule has 1 aromatic carbocycles. The van der Waals surface area contributed by atoms with Gasteiger partial charge in [-0.05, 0) is 20.8 Å². The molecule has 1 N–H and O–H groups in total. The first-order valence-electron chi connectivity index (χ1n) is 5.78. The van der Waals surface area contributed by atoms with Gasteiger partial charge in [-0.3, -0.25) is 9.69 Å². The number of amides is 1. The molecule has 0 saturated carbocycles. The standard InChI is InChI=1S/C14H16ClNO2/c1-13(2,3)16-12(17)9-11(15)14(16,18)10-7-5-4-6-8-10/h4-9,18H,1-3H3. The van der Waals surface area contributed by atoms with Gasteiger partial charge in [-0.15, -0.1) is 0 Å². The van der Waals surface area contributed by atoms with Crippen LogP contribution < -0.4 is 0 Å². The molecule has 0 aromatic heterocycles. The van der Waals surface area contributed by atoms with Crippen molar-refractivity contribution < 1.29 is 9.90 Å². The molecule has 0 aliphatic carbocycles. The van der Waals surface area contributed by atoms with E-state index in [1.54, 1.807) is 24.3 Å². The third-order valence-corrected chi connectivity index (χ3v) is 3.35. The second-order valence-corrected chi connectivity index (χ2v) is 5.78. The van der Waals surface area contributed by atoms with E-state index < -0.39 is 11.3 Å². The number of benzene rings is 1. The summed E-state index contributed by atoms with van der Waals surface area (Å²) in [6.45, 7) is 5.59. The molecule has 18 heavy (non-hydrogen) atoms. The van der Waals surface area contributed by atoms with Gasteiger partial charge >= 0.3 is 0 Å². The second kappa shape index (κ2) is 4.11. The fraction of sp³-hybridized carbons (Fsp3) is 0.357. The number of hydrogen-bond donors (Lipinski definition) is 1. The van der Waals surface area contributed by atoms with Crippen molar-refractivity contribution in [2.75, 3.05) is 0 Å². The molecular formula is C14H16ClNO2. The van der Waals surface area contributed by atoms with Gasteiger partial charge in [-0.25, -0.2) is 0 Å². The lowest BCUT2D eigenvalue weighted by atomic mass is 9.96. The smallest absolute Gasteiger partial charge is 0.251 e. The summed E-state index contributed by atoms with van der Waals surface area (Å²) < 4.78 is 0. The van der Waals surface area contributed by atoms with Crippen LogP contribution in [0.15, 0.2) is 41.4 Å². The monoisotopic (exact) mass is 265 g/mol. The van der Waals surface area contributed by atoms with Crippen LogP contribution in [0.1, 0.15) is 26.3 Å². The number of carbonyl (C=O) groups excluding carboxylic acids is 1. The van der Waals surface area contributed by atoms with E-state index in [1.165, 1.54) is 11.0 Å². The molecule has 3 nitrogen and oxygen atoms in total. The average molecular weight is 266 g/mol. The first-order chi connectivity index (χ1) is 8.28. The van der Waals surface area contributed by atoms with Crippen LogP contribution in [0.25, 0.3) is 0 Å². The Labute approximate surface area is 112 Å². The molecular weight excluding hydrogens is 250 g/mol. The molecule has 0 fully saturated rings. The van der Waals surface area contributed by atoms with Crippen LogP contribution in [0.2, 0.25) is 0 Å². The summed E-state index contributed by atoms with van der Waals surface area (Å²) in [4.78, 5) is 13.4. The van der Waals surface area contributed by atoms with Gasteiger partial charge in [0.1, 0.15) is 0 Å². The highest BCUT2D eigenvalue weighted by atomic mass is 35.5. The Morgan fingerprint density at radius 3 is 2.28 bits per heavy atom. The summed E-state index contributed by atoms with van der Waals surface area (Å²) in [6.07, 6.45) is 1.28. The summed E-state index contributed by atoms with van der Waals surface area (Å²) in [5.41, 5.74) is -1.51. The Kier molecular flexibility index (Phi) is 2.99. The van der Waals surface area contributed by atoms with Gasteiger partial charge < -0.3 is 5.11 Å². The maximum Gasteiger partial charge on any atom is 0.251 e. The Hall–Kier alpha value is -1.32. The average Bonchev–Trinajstić information content (AvgIpc) is 2.51. The van der Waals surface area contributed by atoms with E-state index in [4.69, 9.17) is 11.6 Å². The van der Waals surface area contributed by atoms with Crippen molar-refractivity contribution in [1.29, 1.82) is 0 Å². The molecule has 0 bridgehead atoms. The van der Waals surface area contributed by atoms with E-state index in [1.807, 2.05) is 26.8 Å². The third-order valence-electron chi connectivity index (χ3n) is 2.97. The minimum absolute atomic E-state index is 0.133. The van der Waals surface area contributed by atoms with Crippen LogP contribution in [-0.2, 0) is 10.5 Å². The highest BCUT2D eigenvalue weighted by Gasteiger charge is 2.51. The fourth-order valence-corrected chi connectivity index (χ4v) is 2.58. The van der Waals surface area contributed by atoms with E-state index in [2.05, 4.69) is 0 Å². The number of aliphatic hydroxyl groups is 1. The van der Waals surface area contributed by atoms with Crippen LogP contribution >= 0.6 is 11.6 Å². The van der Waals surface area contributed by atoms with Crippen LogP contribution in [0, 0.1) is 0 Å². The molecule has 1 aliphatic heterocycles. The van der Waals surface area contributed by atoms with Crippen LogP contribution in [-0.4, -0.2) is 21.5 Å². The molecule has 1 amide bonds. The highest BCUT2D eigenvalue weighted by Crippen LogP contribution is 2.44. The fourth-order valence-electron chi connectivity index (χ4n) is 2.29.